The number of rotatable bonds is 4. The predicted molar refractivity (Wildman–Crippen MR) is 157 cm³/mol. The summed E-state index contributed by atoms with van der Waals surface area (Å²) in [7, 11) is 7.27. The standard InChI is InChI=1S/C31H31N7O2/c1-35(2)30(39)19-11-9-18(10-12-19)27-25(20-13-14-23-21(15-20)16-33-37(23)4)26-28-24(17-32-29(26)34-27)36(3)31(40)38(28)22-7-5-6-8-22/h9-17,22H,5-8H2,1-4H3,(H,32,34). The fourth-order valence-corrected chi connectivity index (χ4v) is 6.34. The highest BCUT2D eigenvalue weighted by Gasteiger charge is 2.27. The zero-order chi connectivity index (χ0) is 27.7. The first kappa shape index (κ1) is 24.4. The SMILES string of the molecule is CN(C)C(=O)c1ccc(-c2[nH]c3ncc4c(c3c2-c2ccc3c(cnn3C)c2)n(C2CCCC2)c(=O)n4C)cc1. The fraction of sp³-hybridized carbons (Fsp3) is 0.290. The summed E-state index contributed by atoms with van der Waals surface area (Å²) in [5.74, 6) is -0.0429. The van der Waals surface area contributed by atoms with Crippen molar-refractivity contribution in [3.63, 3.8) is 0 Å². The summed E-state index contributed by atoms with van der Waals surface area (Å²) >= 11 is 0. The van der Waals surface area contributed by atoms with Gasteiger partial charge in [-0.05, 0) is 48.2 Å². The number of aryl methyl sites for hydroxylation is 2. The highest BCUT2D eigenvalue weighted by atomic mass is 16.2. The monoisotopic (exact) mass is 533 g/mol. The van der Waals surface area contributed by atoms with E-state index in [4.69, 9.17) is 4.98 Å². The first-order valence-corrected chi connectivity index (χ1v) is 13.7. The van der Waals surface area contributed by atoms with E-state index >= 15 is 0 Å². The van der Waals surface area contributed by atoms with Crippen LogP contribution in [0, 0.1) is 0 Å². The van der Waals surface area contributed by atoms with Crippen LogP contribution in [0.15, 0.2) is 59.7 Å². The van der Waals surface area contributed by atoms with Crippen molar-refractivity contribution >= 4 is 38.9 Å². The Morgan fingerprint density at radius 3 is 2.42 bits per heavy atom. The van der Waals surface area contributed by atoms with E-state index in [1.165, 1.54) is 0 Å². The third-order valence-corrected chi connectivity index (χ3v) is 8.42. The lowest BCUT2D eigenvalue weighted by molar-refractivity contribution is 0.0827. The molecule has 1 saturated carbocycles. The summed E-state index contributed by atoms with van der Waals surface area (Å²) in [5, 5.41) is 6.42. The van der Waals surface area contributed by atoms with Crippen molar-refractivity contribution in [2.24, 2.45) is 14.1 Å². The van der Waals surface area contributed by atoms with Crippen molar-refractivity contribution in [1.29, 1.82) is 0 Å². The van der Waals surface area contributed by atoms with E-state index in [0.717, 1.165) is 81.0 Å². The Morgan fingerprint density at radius 2 is 1.70 bits per heavy atom. The van der Waals surface area contributed by atoms with Crippen molar-refractivity contribution in [3.05, 3.63) is 70.9 Å². The van der Waals surface area contributed by atoms with Crippen LogP contribution < -0.4 is 5.69 Å². The Labute approximate surface area is 230 Å². The molecule has 0 spiro atoms. The minimum absolute atomic E-state index is 0.000776. The zero-order valence-electron chi connectivity index (χ0n) is 23.1. The molecule has 4 heterocycles. The van der Waals surface area contributed by atoms with Gasteiger partial charge in [-0.2, -0.15) is 5.10 Å². The second kappa shape index (κ2) is 8.94. The molecule has 0 aliphatic heterocycles. The number of carbonyl (C=O) groups is 1. The van der Waals surface area contributed by atoms with Crippen LogP contribution in [0.3, 0.4) is 0 Å². The number of amides is 1. The molecule has 1 N–H and O–H groups in total. The lowest BCUT2D eigenvalue weighted by Crippen LogP contribution is -2.24. The number of carbonyl (C=O) groups excluding carboxylic acids is 1. The highest BCUT2D eigenvalue weighted by molar-refractivity contribution is 6.15. The lowest BCUT2D eigenvalue weighted by Gasteiger charge is -2.13. The van der Waals surface area contributed by atoms with Gasteiger partial charge in [0.25, 0.3) is 5.91 Å². The Balaban J connectivity index is 1.56. The van der Waals surface area contributed by atoms with E-state index in [9.17, 15) is 9.59 Å². The molecule has 1 aliphatic rings. The van der Waals surface area contributed by atoms with Crippen molar-refractivity contribution in [3.8, 4) is 22.4 Å². The molecular formula is C31H31N7O2. The second-order valence-electron chi connectivity index (χ2n) is 11.1. The zero-order valence-corrected chi connectivity index (χ0v) is 23.1. The molecule has 0 saturated heterocycles. The van der Waals surface area contributed by atoms with Gasteiger partial charge < -0.3 is 9.88 Å². The highest BCUT2D eigenvalue weighted by Crippen LogP contribution is 2.43. The molecule has 9 nitrogen and oxygen atoms in total. The largest absolute Gasteiger partial charge is 0.345 e. The van der Waals surface area contributed by atoms with E-state index < -0.39 is 0 Å². The van der Waals surface area contributed by atoms with E-state index in [1.807, 2.05) is 53.8 Å². The van der Waals surface area contributed by atoms with Gasteiger partial charge in [0.2, 0.25) is 0 Å². The number of nitrogens with zero attached hydrogens (tertiary/aromatic N) is 6. The van der Waals surface area contributed by atoms with Gasteiger partial charge in [0.1, 0.15) is 5.65 Å². The van der Waals surface area contributed by atoms with Crippen LogP contribution in [-0.2, 0) is 14.1 Å². The number of aromatic amines is 1. The number of pyridine rings is 1. The Hall–Kier alpha value is -4.66. The third kappa shape index (κ3) is 3.53. The van der Waals surface area contributed by atoms with E-state index in [-0.39, 0.29) is 17.6 Å². The maximum absolute atomic E-state index is 13.6. The summed E-state index contributed by atoms with van der Waals surface area (Å²) in [6, 6.07) is 14.2. The Kier molecular flexibility index (Phi) is 5.45. The molecule has 2 aromatic carbocycles. The number of imidazole rings is 1. The summed E-state index contributed by atoms with van der Waals surface area (Å²) in [6.45, 7) is 0. The summed E-state index contributed by atoms with van der Waals surface area (Å²) in [5.41, 5.74) is 7.99. The van der Waals surface area contributed by atoms with Crippen LogP contribution in [0.5, 0.6) is 0 Å². The van der Waals surface area contributed by atoms with Gasteiger partial charge in [-0.1, -0.05) is 31.0 Å². The molecule has 9 heteroatoms. The van der Waals surface area contributed by atoms with Gasteiger partial charge in [-0.15, -0.1) is 0 Å². The molecule has 1 amide bonds. The van der Waals surface area contributed by atoms with Gasteiger partial charge in [-0.3, -0.25) is 18.6 Å². The van der Waals surface area contributed by atoms with Crippen LogP contribution in [0.2, 0.25) is 0 Å². The molecule has 0 radical (unpaired) electrons. The quantitative estimate of drug-likeness (QED) is 0.335. The third-order valence-electron chi connectivity index (χ3n) is 8.42. The molecule has 6 aromatic rings. The molecular weight excluding hydrogens is 502 g/mol. The van der Waals surface area contributed by atoms with Crippen molar-refractivity contribution in [2.45, 2.75) is 31.7 Å². The molecule has 4 aromatic heterocycles. The average Bonchev–Trinajstić information content (AvgIpc) is 3.74. The molecule has 1 aliphatic carbocycles. The number of benzene rings is 2. The van der Waals surface area contributed by atoms with Crippen LogP contribution in [0.1, 0.15) is 42.1 Å². The number of fused-ring (bicyclic) bond motifs is 4. The number of hydrogen-bond donors (Lipinski definition) is 1. The number of aromatic nitrogens is 6. The number of nitrogens with one attached hydrogen (secondary N) is 1. The van der Waals surface area contributed by atoms with Crippen LogP contribution >= 0.6 is 0 Å². The van der Waals surface area contributed by atoms with Gasteiger partial charge >= 0.3 is 5.69 Å². The van der Waals surface area contributed by atoms with Gasteiger partial charge in [-0.25, -0.2) is 9.78 Å². The van der Waals surface area contributed by atoms with Crippen LogP contribution in [0.25, 0.3) is 55.4 Å². The van der Waals surface area contributed by atoms with Crippen molar-refractivity contribution < 1.29 is 4.79 Å². The number of H-pyrrole nitrogens is 1. The first-order chi connectivity index (χ1) is 19.3. The smallest absolute Gasteiger partial charge is 0.329 e. The Morgan fingerprint density at radius 1 is 0.975 bits per heavy atom. The van der Waals surface area contributed by atoms with E-state index in [0.29, 0.717) is 5.56 Å². The van der Waals surface area contributed by atoms with E-state index in [2.05, 4.69) is 28.3 Å². The molecule has 202 valence electrons. The molecule has 40 heavy (non-hydrogen) atoms. The maximum atomic E-state index is 13.6. The van der Waals surface area contributed by atoms with Crippen molar-refractivity contribution in [2.75, 3.05) is 14.1 Å². The van der Waals surface area contributed by atoms with Crippen molar-refractivity contribution in [1.82, 2.24) is 33.8 Å². The lowest BCUT2D eigenvalue weighted by atomic mass is 9.96. The fourth-order valence-electron chi connectivity index (χ4n) is 6.34. The summed E-state index contributed by atoms with van der Waals surface area (Å²) < 4.78 is 5.60. The second-order valence-corrected chi connectivity index (χ2v) is 11.1. The average molecular weight is 534 g/mol. The molecule has 1 fully saturated rings. The minimum atomic E-state index is -0.0429. The topological polar surface area (TPSA) is 93.7 Å². The van der Waals surface area contributed by atoms with Gasteiger partial charge in [0.05, 0.1) is 40.0 Å². The molecule has 7 rings (SSSR count). The number of hydrogen-bond acceptors (Lipinski definition) is 4. The summed E-state index contributed by atoms with van der Waals surface area (Å²) in [6.07, 6.45) is 7.93. The van der Waals surface area contributed by atoms with Crippen LogP contribution in [-0.4, -0.2) is 53.8 Å². The molecule has 0 atom stereocenters. The summed E-state index contributed by atoms with van der Waals surface area (Å²) in [4.78, 5) is 36.2. The maximum Gasteiger partial charge on any atom is 0.329 e. The predicted octanol–water partition coefficient (Wildman–Crippen LogP) is 5.25. The van der Waals surface area contributed by atoms with Crippen LogP contribution in [0.4, 0.5) is 0 Å². The normalized spacial score (nSPS) is 14.2. The Bertz CT molecular complexity index is 2000. The van der Waals surface area contributed by atoms with Gasteiger partial charge in [0.15, 0.2) is 0 Å². The molecule has 0 bridgehead atoms. The van der Waals surface area contributed by atoms with E-state index in [1.54, 1.807) is 29.8 Å². The minimum Gasteiger partial charge on any atom is -0.345 e. The first-order valence-electron chi connectivity index (χ1n) is 13.7. The molecule has 0 unspecified atom stereocenters. The van der Waals surface area contributed by atoms with Gasteiger partial charge in [0, 0.05) is 50.7 Å².